The Labute approximate surface area is 280 Å². The van der Waals surface area contributed by atoms with Crippen molar-refractivity contribution in [3.63, 3.8) is 0 Å². The highest BCUT2D eigenvalue weighted by Gasteiger charge is 2.12. The van der Waals surface area contributed by atoms with Crippen LogP contribution < -0.4 is 29.4 Å². The van der Waals surface area contributed by atoms with Crippen LogP contribution in [-0.4, -0.2) is 52.9 Å². The lowest BCUT2D eigenvalue weighted by Crippen LogP contribution is -2.12. The monoisotopic (exact) mass is 667 g/mol. The average molecular weight is 668 g/mol. The number of halogens is 1. The van der Waals surface area contributed by atoms with Gasteiger partial charge in [-0.2, -0.15) is 0 Å². The Morgan fingerprint density at radius 2 is 1.30 bits per heavy atom. The molecule has 0 aromatic heterocycles. The Hall–Kier alpha value is -4.83. The number of carbonyl (C=O) groups excluding carboxylic acids is 2. The summed E-state index contributed by atoms with van der Waals surface area (Å²) in [5, 5.41) is 0. The van der Waals surface area contributed by atoms with E-state index in [0.717, 1.165) is 42.4 Å². The smallest absolute Gasteiger partial charge is 0.353 e. The van der Waals surface area contributed by atoms with Gasteiger partial charge in [0.1, 0.15) is 24.7 Å². The number of methoxy groups -OCH3 is 4. The highest BCUT2D eigenvalue weighted by molar-refractivity contribution is 6.17. The second-order valence-electron chi connectivity index (χ2n) is 10.3. The Balaban J connectivity index is 1.78. The van der Waals surface area contributed by atoms with Crippen LogP contribution in [0.4, 0.5) is 0 Å². The van der Waals surface area contributed by atoms with E-state index in [1.54, 1.807) is 43.5 Å². The van der Waals surface area contributed by atoms with Gasteiger partial charge in [-0.15, -0.1) is 11.6 Å². The summed E-state index contributed by atoms with van der Waals surface area (Å²) in [5.74, 6) is 2.33. The third kappa shape index (κ3) is 12.1. The van der Waals surface area contributed by atoms with Gasteiger partial charge in [-0.1, -0.05) is 25.0 Å². The first-order chi connectivity index (χ1) is 22.8. The molecule has 3 rings (SSSR count). The van der Waals surface area contributed by atoms with E-state index in [4.69, 9.17) is 41.0 Å². The molecule has 0 radical (unpaired) electrons. The molecule has 0 atom stereocenters. The molecular formula is C36H42ClNO9. The van der Waals surface area contributed by atoms with Crippen molar-refractivity contribution in [3.8, 4) is 28.7 Å². The largest absolute Gasteiger partial charge is 0.494 e. The highest BCUT2D eigenvalue weighted by atomic mass is 35.5. The molecule has 3 aromatic rings. The second kappa shape index (κ2) is 19.6. The Kier molecular flexibility index (Phi) is 15.3. The predicted octanol–water partition coefficient (Wildman–Crippen LogP) is 6.70. The number of benzene rings is 3. The Morgan fingerprint density at radius 3 is 1.87 bits per heavy atom. The molecule has 0 spiro atoms. The fourth-order valence-corrected chi connectivity index (χ4v) is 4.62. The molecule has 0 aliphatic carbocycles. The molecule has 0 aliphatic rings. The maximum atomic E-state index is 11.7. The number of hydrogen-bond acceptors (Lipinski definition) is 10. The van der Waals surface area contributed by atoms with E-state index in [9.17, 15) is 9.59 Å². The molecule has 0 heterocycles. The number of ether oxygens (including phenoxy) is 7. The van der Waals surface area contributed by atoms with Crippen LogP contribution in [0.15, 0.2) is 66.4 Å². The number of unbranched alkanes of at least 4 members (excludes halogenated alkanes) is 3. The molecule has 252 valence electrons. The average Bonchev–Trinajstić information content (AvgIpc) is 3.10. The predicted molar refractivity (Wildman–Crippen MR) is 181 cm³/mol. The van der Waals surface area contributed by atoms with E-state index < -0.39 is 11.9 Å². The van der Waals surface area contributed by atoms with Crippen molar-refractivity contribution >= 4 is 35.7 Å². The lowest BCUT2D eigenvalue weighted by molar-refractivity contribution is -0.136. The molecule has 11 heteroatoms. The zero-order valence-electron chi connectivity index (χ0n) is 27.2. The van der Waals surface area contributed by atoms with Crippen LogP contribution in [0.2, 0.25) is 0 Å². The highest BCUT2D eigenvalue weighted by Crippen LogP contribution is 2.32. The van der Waals surface area contributed by atoms with Gasteiger partial charge in [0.15, 0.2) is 23.0 Å². The van der Waals surface area contributed by atoms with Crippen LogP contribution in [0.25, 0.3) is 12.2 Å². The molecule has 0 unspecified atom stereocenters. The topological polar surface area (TPSA) is 125 Å². The van der Waals surface area contributed by atoms with Gasteiger partial charge in [0.2, 0.25) is 0 Å². The zero-order valence-corrected chi connectivity index (χ0v) is 28.0. The molecule has 10 nitrogen and oxygen atoms in total. The number of carbonyl (C=O) groups is 2. The van der Waals surface area contributed by atoms with Crippen LogP contribution in [-0.2, 0) is 32.3 Å². The molecule has 3 aromatic carbocycles. The molecule has 0 amide bonds. The van der Waals surface area contributed by atoms with E-state index in [2.05, 4.69) is 9.47 Å². The third-order valence-corrected chi connectivity index (χ3v) is 7.11. The minimum absolute atomic E-state index is 0.0298. The maximum Gasteiger partial charge on any atom is 0.353 e. The van der Waals surface area contributed by atoms with Crippen LogP contribution in [0.3, 0.4) is 0 Å². The summed E-state index contributed by atoms with van der Waals surface area (Å²) in [6.45, 7) is 1.03. The molecule has 0 bridgehead atoms. The molecule has 0 aliphatic heterocycles. The van der Waals surface area contributed by atoms with E-state index in [1.807, 2.05) is 24.3 Å². The van der Waals surface area contributed by atoms with Gasteiger partial charge in [-0.05, 0) is 89.7 Å². The van der Waals surface area contributed by atoms with Gasteiger partial charge in [0.25, 0.3) is 0 Å². The lowest BCUT2D eigenvalue weighted by atomic mass is 10.1. The number of alkyl halides is 1. The number of hydrogen-bond donors (Lipinski definition) is 1. The van der Waals surface area contributed by atoms with Crippen LogP contribution >= 0.6 is 11.6 Å². The van der Waals surface area contributed by atoms with E-state index in [-0.39, 0.29) is 18.9 Å². The lowest BCUT2D eigenvalue weighted by Gasteiger charge is -2.15. The van der Waals surface area contributed by atoms with Gasteiger partial charge >= 0.3 is 11.9 Å². The summed E-state index contributed by atoms with van der Waals surface area (Å²) in [6.07, 6.45) is 8.47. The van der Waals surface area contributed by atoms with Crippen molar-refractivity contribution < 1.29 is 42.7 Å². The van der Waals surface area contributed by atoms with Crippen molar-refractivity contribution in [1.29, 1.82) is 0 Å². The van der Waals surface area contributed by atoms with Gasteiger partial charge in [-0.25, -0.2) is 9.59 Å². The fourth-order valence-electron chi connectivity index (χ4n) is 4.43. The minimum atomic E-state index is -0.621. The van der Waals surface area contributed by atoms with Crippen LogP contribution in [0, 0.1) is 0 Å². The van der Waals surface area contributed by atoms with E-state index in [1.165, 1.54) is 33.5 Å². The summed E-state index contributed by atoms with van der Waals surface area (Å²) in [5.41, 5.74) is 8.90. The molecule has 0 saturated carbocycles. The van der Waals surface area contributed by atoms with E-state index >= 15 is 0 Å². The van der Waals surface area contributed by atoms with Gasteiger partial charge < -0.3 is 38.9 Å². The van der Waals surface area contributed by atoms with Crippen molar-refractivity contribution in [3.05, 3.63) is 88.6 Å². The van der Waals surface area contributed by atoms with Gasteiger partial charge in [-0.3, -0.25) is 0 Å². The number of rotatable bonds is 19. The Bertz CT molecular complexity index is 1540. The first-order valence-electron chi connectivity index (χ1n) is 15.0. The minimum Gasteiger partial charge on any atom is -0.494 e. The van der Waals surface area contributed by atoms with Crippen molar-refractivity contribution in [1.82, 2.24) is 0 Å². The Morgan fingerprint density at radius 1 is 0.702 bits per heavy atom. The molecule has 47 heavy (non-hydrogen) atoms. The third-order valence-electron chi connectivity index (χ3n) is 6.84. The van der Waals surface area contributed by atoms with Crippen LogP contribution in [0.1, 0.15) is 47.9 Å². The van der Waals surface area contributed by atoms with Gasteiger partial charge in [0, 0.05) is 12.0 Å². The summed E-state index contributed by atoms with van der Waals surface area (Å²) in [4.78, 5) is 23.2. The zero-order chi connectivity index (χ0) is 34.0. The van der Waals surface area contributed by atoms with Crippen molar-refractivity contribution in [2.45, 2.75) is 38.9 Å². The molecular weight excluding hydrogens is 626 g/mol. The summed E-state index contributed by atoms with van der Waals surface area (Å²) in [7, 11) is 5.68. The molecule has 0 saturated heterocycles. The first kappa shape index (κ1) is 36.6. The summed E-state index contributed by atoms with van der Waals surface area (Å²) < 4.78 is 38.8. The van der Waals surface area contributed by atoms with Crippen molar-refractivity contribution in [2.75, 3.05) is 40.9 Å². The SMILES string of the molecule is COC(=O)/C=C/c1ccc(OCc2cc(COc3ccc(/C=C(\N)C(=O)OC)cc3OC)cc(OCCCCCCCl)c2)c(OC)c1. The second-order valence-corrected chi connectivity index (χ2v) is 10.7. The summed E-state index contributed by atoms with van der Waals surface area (Å²) >= 11 is 5.80. The number of nitrogens with two attached hydrogens (primary N) is 1. The maximum absolute atomic E-state index is 11.7. The van der Waals surface area contributed by atoms with Crippen LogP contribution in [0.5, 0.6) is 28.7 Å². The first-order valence-corrected chi connectivity index (χ1v) is 15.6. The fraction of sp³-hybridized carbons (Fsp3) is 0.333. The number of esters is 2. The van der Waals surface area contributed by atoms with E-state index in [0.29, 0.717) is 46.8 Å². The summed E-state index contributed by atoms with van der Waals surface area (Å²) in [6, 6.07) is 16.5. The van der Waals surface area contributed by atoms with Crippen molar-refractivity contribution in [2.24, 2.45) is 5.73 Å². The van der Waals surface area contributed by atoms with Gasteiger partial charge in [0.05, 0.1) is 35.0 Å². The normalized spacial score (nSPS) is 11.2. The molecule has 2 N–H and O–H groups in total. The molecule has 0 fully saturated rings. The standard InChI is InChI=1S/C36H42ClNO9/c1-41-33-21-25(11-14-35(39)43-3)9-12-31(33)46-23-27-17-28(19-29(18-27)45-16-8-6-5-7-15-37)24-47-32-13-10-26(22-34(32)42-2)20-30(38)36(40)44-4/h9-14,17-22H,5-8,15-16,23-24,38H2,1-4H3/b14-11+,30-20-. The quantitative estimate of drug-likeness (QED) is 0.0639.